The highest BCUT2D eigenvalue weighted by Gasteiger charge is 2.26. The van der Waals surface area contributed by atoms with Gasteiger partial charge in [-0.25, -0.2) is 14.6 Å². The van der Waals surface area contributed by atoms with E-state index in [1.165, 1.54) is 0 Å². The SMILES string of the molecule is Cn1ncc2c(NC3CCC(n4nc5c(cc4=O)COCC5)CC3)ncnc21. The third-order valence-electron chi connectivity index (χ3n) is 5.78. The van der Waals surface area contributed by atoms with Crippen molar-refractivity contribution in [1.82, 2.24) is 29.5 Å². The zero-order valence-corrected chi connectivity index (χ0v) is 15.8. The summed E-state index contributed by atoms with van der Waals surface area (Å²) in [5.74, 6) is 0.825. The fourth-order valence-electron chi connectivity index (χ4n) is 4.23. The van der Waals surface area contributed by atoms with Crippen molar-refractivity contribution in [2.24, 2.45) is 7.05 Å². The van der Waals surface area contributed by atoms with Crippen molar-refractivity contribution in [3.8, 4) is 0 Å². The van der Waals surface area contributed by atoms with E-state index in [0.717, 1.165) is 60.2 Å². The molecule has 5 rings (SSSR count). The molecule has 0 aromatic carbocycles. The zero-order chi connectivity index (χ0) is 19.1. The summed E-state index contributed by atoms with van der Waals surface area (Å²) in [5, 5.41) is 13.4. The molecule has 28 heavy (non-hydrogen) atoms. The Morgan fingerprint density at radius 3 is 2.93 bits per heavy atom. The van der Waals surface area contributed by atoms with Crippen LogP contribution < -0.4 is 10.9 Å². The second-order valence-electron chi connectivity index (χ2n) is 7.58. The number of hydrogen-bond donors (Lipinski definition) is 1. The summed E-state index contributed by atoms with van der Waals surface area (Å²) in [5.41, 5.74) is 2.74. The van der Waals surface area contributed by atoms with Crippen molar-refractivity contribution in [3.05, 3.63) is 40.2 Å². The number of fused-ring (bicyclic) bond motifs is 2. The number of nitrogens with zero attached hydrogens (tertiary/aromatic N) is 6. The van der Waals surface area contributed by atoms with E-state index in [1.54, 1.807) is 28.0 Å². The summed E-state index contributed by atoms with van der Waals surface area (Å²) >= 11 is 0. The maximum Gasteiger partial charge on any atom is 0.267 e. The molecule has 0 atom stereocenters. The molecule has 0 saturated heterocycles. The van der Waals surface area contributed by atoms with Crippen molar-refractivity contribution < 1.29 is 4.74 Å². The standard InChI is InChI=1S/C19H23N7O2/c1-25-19-15(9-22-25)18(20-11-21-19)23-13-2-4-14(5-3-13)26-17(27)8-12-10-28-7-6-16(12)24-26/h8-9,11,13-14H,2-7,10H2,1H3,(H,20,21,23). The molecule has 4 heterocycles. The summed E-state index contributed by atoms with van der Waals surface area (Å²) < 4.78 is 8.87. The van der Waals surface area contributed by atoms with Crippen LogP contribution in [-0.2, 0) is 24.8 Å². The Bertz CT molecular complexity index is 1070. The first-order valence-corrected chi connectivity index (χ1v) is 9.77. The largest absolute Gasteiger partial charge is 0.376 e. The van der Waals surface area contributed by atoms with Gasteiger partial charge in [0.25, 0.3) is 5.56 Å². The first-order chi connectivity index (χ1) is 13.7. The Balaban J connectivity index is 1.29. The summed E-state index contributed by atoms with van der Waals surface area (Å²) in [4.78, 5) is 21.2. The van der Waals surface area contributed by atoms with E-state index < -0.39 is 0 Å². The molecule has 1 aliphatic carbocycles. The molecule has 0 radical (unpaired) electrons. The lowest BCUT2D eigenvalue weighted by atomic mass is 9.91. The third kappa shape index (κ3) is 3.05. The Morgan fingerprint density at radius 1 is 1.21 bits per heavy atom. The summed E-state index contributed by atoms with van der Waals surface area (Å²) in [7, 11) is 1.87. The normalized spacial score (nSPS) is 22.2. The molecule has 1 saturated carbocycles. The molecule has 146 valence electrons. The molecule has 9 nitrogen and oxygen atoms in total. The van der Waals surface area contributed by atoms with Gasteiger partial charge in [-0.2, -0.15) is 10.2 Å². The van der Waals surface area contributed by atoms with Crippen LogP contribution in [0.4, 0.5) is 5.82 Å². The van der Waals surface area contributed by atoms with E-state index in [9.17, 15) is 4.79 Å². The average molecular weight is 381 g/mol. The first-order valence-electron chi connectivity index (χ1n) is 9.77. The molecular formula is C19H23N7O2. The fraction of sp³-hybridized carbons (Fsp3) is 0.526. The van der Waals surface area contributed by atoms with Crippen LogP contribution in [0.5, 0.6) is 0 Å². The van der Waals surface area contributed by atoms with Crippen molar-refractivity contribution in [2.75, 3.05) is 11.9 Å². The van der Waals surface area contributed by atoms with Crippen molar-refractivity contribution in [2.45, 2.75) is 50.8 Å². The van der Waals surface area contributed by atoms with E-state index in [4.69, 9.17) is 4.74 Å². The minimum atomic E-state index is -0.0199. The number of ether oxygens (including phenoxy) is 1. The van der Waals surface area contributed by atoms with Crippen LogP contribution in [0.1, 0.15) is 43.0 Å². The van der Waals surface area contributed by atoms with Gasteiger partial charge in [-0.05, 0) is 25.7 Å². The van der Waals surface area contributed by atoms with E-state index in [-0.39, 0.29) is 11.6 Å². The van der Waals surface area contributed by atoms with Gasteiger partial charge in [-0.15, -0.1) is 0 Å². The van der Waals surface area contributed by atoms with Crippen LogP contribution in [0.15, 0.2) is 23.4 Å². The van der Waals surface area contributed by atoms with Gasteiger partial charge in [-0.1, -0.05) is 0 Å². The molecule has 1 aliphatic heterocycles. The maximum atomic E-state index is 12.5. The smallest absolute Gasteiger partial charge is 0.267 e. The topological polar surface area (TPSA) is 99.8 Å². The lowest BCUT2D eigenvalue weighted by molar-refractivity contribution is 0.107. The Morgan fingerprint density at radius 2 is 2.07 bits per heavy atom. The molecule has 0 amide bonds. The summed E-state index contributed by atoms with van der Waals surface area (Å²) in [6, 6.07) is 2.17. The molecule has 1 N–H and O–H groups in total. The highest BCUT2D eigenvalue weighted by Crippen LogP contribution is 2.30. The van der Waals surface area contributed by atoms with Crippen molar-refractivity contribution in [3.63, 3.8) is 0 Å². The van der Waals surface area contributed by atoms with Crippen molar-refractivity contribution >= 4 is 16.9 Å². The van der Waals surface area contributed by atoms with Gasteiger partial charge in [0.2, 0.25) is 0 Å². The van der Waals surface area contributed by atoms with Gasteiger partial charge >= 0.3 is 0 Å². The number of rotatable bonds is 3. The quantitative estimate of drug-likeness (QED) is 0.735. The molecule has 0 bridgehead atoms. The number of anilines is 1. The molecule has 0 spiro atoms. The highest BCUT2D eigenvalue weighted by molar-refractivity contribution is 5.86. The van der Waals surface area contributed by atoms with Gasteiger partial charge in [0.1, 0.15) is 12.1 Å². The van der Waals surface area contributed by atoms with E-state index >= 15 is 0 Å². The Hall–Kier alpha value is -2.81. The fourth-order valence-corrected chi connectivity index (χ4v) is 4.23. The van der Waals surface area contributed by atoms with Gasteiger partial charge in [0, 0.05) is 31.1 Å². The number of aryl methyl sites for hydroxylation is 1. The molecule has 3 aromatic heterocycles. The summed E-state index contributed by atoms with van der Waals surface area (Å²) in [6.07, 6.45) is 7.90. The predicted octanol–water partition coefficient (Wildman–Crippen LogP) is 1.59. The second kappa shape index (κ2) is 6.97. The number of aromatic nitrogens is 6. The van der Waals surface area contributed by atoms with Crippen LogP contribution >= 0.6 is 0 Å². The third-order valence-corrected chi connectivity index (χ3v) is 5.78. The van der Waals surface area contributed by atoms with E-state index in [1.807, 2.05) is 7.05 Å². The van der Waals surface area contributed by atoms with Gasteiger partial charge in [-0.3, -0.25) is 9.48 Å². The lowest BCUT2D eigenvalue weighted by Gasteiger charge is -2.30. The van der Waals surface area contributed by atoms with Crippen molar-refractivity contribution in [1.29, 1.82) is 0 Å². The average Bonchev–Trinajstić information content (AvgIpc) is 3.10. The molecular weight excluding hydrogens is 358 g/mol. The molecule has 0 unspecified atom stereocenters. The predicted molar refractivity (Wildman–Crippen MR) is 103 cm³/mol. The van der Waals surface area contributed by atoms with E-state index in [2.05, 4.69) is 25.5 Å². The molecule has 9 heteroatoms. The Labute approximate surface area is 161 Å². The minimum Gasteiger partial charge on any atom is -0.376 e. The maximum absolute atomic E-state index is 12.5. The van der Waals surface area contributed by atoms with Crippen LogP contribution in [0, 0.1) is 0 Å². The van der Waals surface area contributed by atoms with Gasteiger partial charge in [0.05, 0.1) is 36.5 Å². The summed E-state index contributed by atoms with van der Waals surface area (Å²) in [6.45, 7) is 1.17. The number of hydrogen-bond acceptors (Lipinski definition) is 7. The second-order valence-corrected chi connectivity index (χ2v) is 7.58. The highest BCUT2D eigenvalue weighted by atomic mass is 16.5. The first kappa shape index (κ1) is 17.3. The molecule has 1 fully saturated rings. The van der Waals surface area contributed by atoms with Gasteiger partial charge in [0.15, 0.2) is 5.65 Å². The van der Waals surface area contributed by atoms with Crippen LogP contribution in [-0.4, -0.2) is 42.2 Å². The monoisotopic (exact) mass is 381 g/mol. The molecule has 2 aliphatic rings. The van der Waals surface area contributed by atoms with Crippen LogP contribution in [0.3, 0.4) is 0 Å². The zero-order valence-electron chi connectivity index (χ0n) is 15.8. The Kier molecular flexibility index (Phi) is 4.31. The van der Waals surface area contributed by atoms with Gasteiger partial charge < -0.3 is 10.1 Å². The lowest BCUT2D eigenvalue weighted by Crippen LogP contribution is -2.35. The number of nitrogens with one attached hydrogen (secondary N) is 1. The van der Waals surface area contributed by atoms with E-state index in [0.29, 0.717) is 19.3 Å². The van der Waals surface area contributed by atoms with Crippen LogP contribution in [0.2, 0.25) is 0 Å². The minimum absolute atomic E-state index is 0.0199. The van der Waals surface area contributed by atoms with Crippen LogP contribution in [0.25, 0.3) is 11.0 Å². The molecule has 3 aromatic rings.